The highest BCUT2D eigenvalue weighted by Gasteiger charge is 2.12. The lowest BCUT2D eigenvalue weighted by molar-refractivity contribution is 1.18. The molecule has 0 aliphatic rings. The van der Waals surface area contributed by atoms with Gasteiger partial charge in [-0.05, 0) is 23.6 Å². The Hall–Kier alpha value is -4.63. The number of nitrogens with zero attached hydrogens (tertiary/aromatic N) is 3. The fourth-order valence-corrected chi connectivity index (χ4v) is 4.25. The van der Waals surface area contributed by atoms with Crippen LogP contribution in [0.25, 0.3) is 55.9 Å². The first-order chi connectivity index (χ1) is 16.8. The Morgan fingerprint density at radius 3 is 1.74 bits per heavy atom. The highest BCUT2D eigenvalue weighted by molar-refractivity contribution is 5.95. The Bertz CT molecular complexity index is 1530. The molecule has 3 nitrogen and oxygen atoms in total. The zero-order valence-electron chi connectivity index (χ0n) is 18.5. The van der Waals surface area contributed by atoms with Crippen molar-refractivity contribution in [3.05, 3.63) is 128 Å². The van der Waals surface area contributed by atoms with Gasteiger partial charge in [0.05, 0.1) is 17.1 Å². The molecule has 0 radical (unpaired) electrons. The molecule has 0 spiro atoms. The second kappa shape index (κ2) is 8.72. The summed E-state index contributed by atoms with van der Waals surface area (Å²) >= 11 is 0. The molecule has 0 fully saturated rings. The lowest BCUT2D eigenvalue weighted by atomic mass is 10.0. The van der Waals surface area contributed by atoms with E-state index in [9.17, 15) is 0 Å². The first-order valence-electron chi connectivity index (χ1n) is 11.3. The van der Waals surface area contributed by atoms with Crippen LogP contribution in [0.5, 0.6) is 0 Å². The van der Waals surface area contributed by atoms with E-state index in [4.69, 9.17) is 15.0 Å². The summed E-state index contributed by atoms with van der Waals surface area (Å²) in [5.74, 6) is 0.697. The van der Waals surface area contributed by atoms with E-state index in [-0.39, 0.29) is 0 Å². The fraction of sp³-hybridized carbons (Fsp3) is 0. The van der Waals surface area contributed by atoms with E-state index in [0.717, 1.165) is 44.7 Å². The van der Waals surface area contributed by atoms with Gasteiger partial charge in [-0.2, -0.15) is 0 Å². The Balaban J connectivity index is 1.52. The second-order valence-corrected chi connectivity index (χ2v) is 8.16. The van der Waals surface area contributed by atoms with Crippen LogP contribution in [0.15, 0.2) is 128 Å². The maximum absolute atomic E-state index is 4.96. The molecule has 0 unspecified atom stereocenters. The van der Waals surface area contributed by atoms with Crippen molar-refractivity contribution in [1.82, 2.24) is 15.0 Å². The number of benzene rings is 4. The number of pyridine rings is 1. The van der Waals surface area contributed by atoms with E-state index < -0.39 is 0 Å². The molecule has 3 heteroatoms. The van der Waals surface area contributed by atoms with Crippen molar-refractivity contribution >= 4 is 10.8 Å². The normalized spacial score (nSPS) is 10.9. The smallest absolute Gasteiger partial charge is 0.160 e. The van der Waals surface area contributed by atoms with Gasteiger partial charge < -0.3 is 0 Å². The van der Waals surface area contributed by atoms with Crippen LogP contribution in [0.2, 0.25) is 0 Å². The highest BCUT2D eigenvalue weighted by atomic mass is 14.9. The van der Waals surface area contributed by atoms with Crippen molar-refractivity contribution in [3.63, 3.8) is 0 Å². The third kappa shape index (κ3) is 3.84. The summed E-state index contributed by atoms with van der Waals surface area (Å²) in [5, 5.41) is 2.30. The van der Waals surface area contributed by atoms with E-state index in [1.165, 1.54) is 5.39 Å². The zero-order valence-corrected chi connectivity index (χ0v) is 18.5. The number of rotatable bonds is 4. The van der Waals surface area contributed by atoms with Crippen molar-refractivity contribution in [2.75, 3.05) is 0 Å². The summed E-state index contributed by atoms with van der Waals surface area (Å²) in [7, 11) is 0. The molecule has 0 aliphatic carbocycles. The maximum Gasteiger partial charge on any atom is 0.160 e. The molecule has 4 aromatic carbocycles. The minimum atomic E-state index is 0.697. The molecular weight excluding hydrogens is 414 g/mol. The van der Waals surface area contributed by atoms with Crippen molar-refractivity contribution in [2.45, 2.75) is 0 Å². The summed E-state index contributed by atoms with van der Waals surface area (Å²) in [6, 6.07) is 41.3. The average Bonchev–Trinajstić information content (AvgIpc) is 2.93. The van der Waals surface area contributed by atoms with Crippen LogP contribution in [-0.4, -0.2) is 15.0 Å². The summed E-state index contributed by atoms with van der Waals surface area (Å²) in [6.45, 7) is 0. The van der Waals surface area contributed by atoms with Gasteiger partial charge in [-0.15, -0.1) is 0 Å². The summed E-state index contributed by atoms with van der Waals surface area (Å²) < 4.78 is 0. The van der Waals surface area contributed by atoms with Gasteiger partial charge in [0.25, 0.3) is 0 Å². The molecule has 0 saturated heterocycles. The number of fused-ring (bicyclic) bond motifs is 1. The lowest BCUT2D eigenvalue weighted by Gasteiger charge is -2.11. The molecule has 2 heterocycles. The molecular formula is C31H21N3. The van der Waals surface area contributed by atoms with Gasteiger partial charge in [-0.25, -0.2) is 9.97 Å². The predicted octanol–water partition coefficient (Wildman–Crippen LogP) is 7.69. The van der Waals surface area contributed by atoms with Crippen molar-refractivity contribution < 1.29 is 0 Å². The lowest BCUT2D eigenvalue weighted by Crippen LogP contribution is -1.96. The van der Waals surface area contributed by atoms with E-state index in [1.807, 2.05) is 48.7 Å². The zero-order chi connectivity index (χ0) is 22.7. The molecule has 6 rings (SSSR count). The van der Waals surface area contributed by atoms with Gasteiger partial charge in [0.1, 0.15) is 0 Å². The van der Waals surface area contributed by atoms with Crippen LogP contribution >= 0.6 is 0 Å². The summed E-state index contributed by atoms with van der Waals surface area (Å²) in [5.41, 5.74) is 6.90. The van der Waals surface area contributed by atoms with E-state index in [1.54, 1.807) is 0 Å². The minimum Gasteiger partial charge on any atom is -0.256 e. The molecule has 0 saturated carbocycles. The average molecular weight is 436 g/mol. The van der Waals surface area contributed by atoms with Crippen LogP contribution in [0.1, 0.15) is 0 Å². The molecule has 0 atom stereocenters. The molecule has 34 heavy (non-hydrogen) atoms. The van der Waals surface area contributed by atoms with Crippen LogP contribution in [0.4, 0.5) is 0 Å². The van der Waals surface area contributed by atoms with E-state index in [0.29, 0.717) is 5.82 Å². The first-order valence-corrected chi connectivity index (χ1v) is 11.3. The van der Waals surface area contributed by atoms with Crippen LogP contribution in [0.3, 0.4) is 0 Å². The molecule has 0 amide bonds. The van der Waals surface area contributed by atoms with Crippen LogP contribution < -0.4 is 0 Å². The second-order valence-electron chi connectivity index (χ2n) is 8.16. The topological polar surface area (TPSA) is 38.7 Å². The molecule has 2 aromatic heterocycles. The van der Waals surface area contributed by atoms with Crippen LogP contribution in [-0.2, 0) is 0 Å². The van der Waals surface area contributed by atoms with Gasteiger partial charge in [-0.3, -0.25) is 4.98 Å². The number of aromatic nitrogens is 3. The van der Waals surface area contributed by atoms with Gasteiger partial charge in [0.2, 0.25) is 0 Å². The SMILES string of the molecule is c1ccc(-c2cc(-c3ccccc3)nc(-c3cccc(-c4nccc5ccccc45)c3)n2)cc1. The standard InChI is InChI=1S/C31H21N3/c1-3-11-23(12-4-1)28-21-29(24-13-5-2-6-14-24)34-31(33-28)26-16-9-15-25(20-26)30-27-17-8-7-10-22(27)18-19-32-30/h1-21H. The molecule has 160 valence electrons. The van der Waals surface area contributed by atoms with Crippen LogP contribution in [0, 0.1) is 0 Å². The van der Waals surface area contributed by atoms with Gasteiger partial charge in [-0.1, -0.05) is 103 Å². The Kier molecular flexibility index (Phi) is 5.13. The van der Waals surface area contributed by atoms with Crippen molar-refractivity contribution in [3.8, 4) is 45.2 Å². The van der Waals surface area contributed by atoms with Crippen molar-refractivity contribution in [2.24, 2.45) is 0 Å². The fourth-order valence-electron chi connectivity index (χ4n) is 4.25. The number of hydrogen-bond acceptors (Lipinski definition) is 3. The minimum absolute atomic E-state index is 0.697. The highest BCUT2D eigenvalue weighted by Crippen LogP contribution is 2.31. The quantitative estimate of drug-likeness (QED) is 0.285. The first kappa shape index (κ1) is 20.0. The molecule has 0 bridgehead atoms. The largest absolute Gasteiger partial charge is 0.256 e. The summed E-state index contributed by atoms with van der Waals surface area (Å²) in [6.07, 6.45) is 1.87. The molecule has 0 N–H and O–H groups in total. The maximum atomic E-state index is 4.96. The Labute approximate surface area is 198 Å². The monoisotopic (exact) mass is 435 g/mol. The third-order valence-corrected chi connectivity index (χ3v) is 5.93. The van der Waals surface area contributed by atoms with E-state index in [2.05, 4.69) is 78.9 Å². The Morgan fingerprint density at radius 2 is 1.03 bits per heavy atom. The summed E-state index contributed by atoms with van der Waals surface area (Å²) in [4.78, 5) is 14.6. The van der Waals surface area contributed by atoms with Gasteiger partial charge in [0.15, 0.2) is 5.82 Å². The van der Waals surface area contributed by atoms with Crippen molar-refractivity contribution in [1.29, 1.82) is 0 Å². The van der Waals surface area contributed by atoms with Gasteiger partial charge >= 0.3 is 0 Å². The molecule has 6 aromatic rings. The molecule has 0 aliphatic heterocycles. The van der Waals surface area contributed by atoms with E-state index >= 15 is 0 Å². The Morgan fingerprint density at radius 1 is 0.441 bits per heavy atom. The third-order valence-electron chi connectivity index (χ3n) is 5.93. The predicted molar refractivity (Wildman–Crippen MR) is 139 cm³/mol. The van der Waals surface area contributed by atoms with Gasteiger partial charge in [0, 0.05) is 33.8 Å². The number of hydrogen-bond donors (Lipinski definition) is 0.